The van der Waals surface area contributed by atoms with E-state index in [1.165, 1.54) is 12.8 Å². The third-order valence-corrected chi connectivity index (χ3v) is 3.29. The van der Waals surface area contributed by atoms with Gasteiger partial charge in [0, 0.05) is 19.1 Å². The first-order chi connectivity index (χ1) is 8.58. The van der Waals surface area contributed by atoms with Gasteiger partial charge in [0.05, 0.1) is 5.02 Å². The molecule has 0 aliphatic heterocycles. The van der Waals surface area contributed by atoms with Gasteiger partial charge in [-0.25, -0.2) is 9.78 Å². The molecule has 1 aromatic rings. The molecule has 0 saturated heterocycles. The third kappa shape index (κ3) is 3.34. The van der Waals surface area contributed by atoms with E-state index >= 15 is 0 Å². The summed E-state index contributed by atoms with van der Waals surface area (Å²) in [4.78, 5) is 17.1. The highest BCUT2D eigenvalue weighted by atomic mass is 35.5. The molecule has 2 rings (SSSR count). The van der Waals surface area contributed by atoms with Crippen molar-refractivity contribution in [3.63, 3.8) is 0 Å². The van der Waals surface area contributed by atoms with Crippen LogP contribution in [0.3, 0.4) is 0 Å². The Morgan fingerprint density at radius 2 is 2.33 bits per heavy atom. The second kappa shape index (κ2) is 5.54. The summed E-state index contributed by atoms with van der Waals surface area (Å²) in [5, 5.41) is 12.2. The van der Waals surface area contributed by atoms with Gasteiger partial charge in [0.25, 0.3) is 0 Å². The lowest BCUT2D eigenvalue weighted by molar-refractivity contribution is 0.0691. The number of carbonyl (C=O) groups is 1. The van der Waals surface area contributed by atoms with E-state index in [-0.39, 0.29) is 10.7 Å². The predicted octanol–water partition coefficient (Wildman–Crippen LogP) is 1.94. The Kier molecular flexibility index (Phi) is 4.04. The molecule has 0 aromatic carbocycles. The van der Waals surface area contributed by atoms with Crippen molar-refractivity contribution in [3.05, 3.63) is 22.8 Å². The van der Waals surface area contributed by atoms with Crippen molar-refractivity contribution in [2.45, 2.75) is 18.9 Å². The fourth-order valence-electron chi connectivity index (χ4n) is 1.75. The Balaban J connectivity index is 1.88. The predicted molar refractivity (Wildman–Crippen MR) is 70.3 cm³/mol. The van der Waals surface area contributed by atoms with Crippen LogP contribution >= 0.6 is 11.6 Å². The van der Waals surface area contributed by atoms with Crippen molar-refractivity contribution in [2.75, 3.05) is 25.5 Å². The average molecular weight is 270 g/mol. The van der Waals surface area contributed by atoms with Crippen LogP contribution in [0.2, 0.25) is 5.02 Å². The Morgan fingerprint density at radius 1 is 1.61 bits per heavy atom. The zero-order valence-electron chi connectivity index (χ0n) is 10.2. The highest BCUT2D eigenvalue weighted by Crippen LogP contribution is 2.24. The summed E-state index contributed by atoms with van der Waals surface area (Å²) < 4.78 is 0. The molecule has 0 radical (unpaired) electrons. The molecule has 1 saturated carbocycles. The van der Waals surface area contributed by atoms with E-state index in [1.807, 2.05) is 0 Å². The first-order valence-electron chi connectivity index (χ1n) is 5.92. The molecule has 0 unspecified atom stereocenters. The van der Waals surface area contributed by atoms with Crippen LogP contribution in [0.1, 0.15) is 23.3 Å². The van der Waals surface area contributed by atoms with Crippen LogP contribution < -0.4 is 5.32 Å². The van der Waals surface area contributed by atoms with Crippen molar-refractivity contribution >= 4 is 23.4 Å². The van der Waals surface area contributed by atoms with Gasteiger partial charge in [0.2, 0.25) is 0 Å². The summed E-state index contributed by atoms with van der Waals surface area (Å²) in [5.41, 5.74) is -0.114. The van der Waals surface area contributed by atoms with E-state index in [9.17, 15) is 4.79 Å². The van der Waals surface area contributed by atoms with Crippen molar-refractivity contribution < 1.29 is 9.90 Å². The number of pyridine rings is 1. The number of aromatic carboxylic acids is 1. The summed E-state index contributed by atoms with van der Waals surface area (Å²) in [5.74, 6) is -0.570. The third-order valence-electron chi connectivity index (χ3n) is 2.99. The van der Waals surface area contributed by atoms with Gasteiger partial charge < -0.3 is 15.3 Å². The molecule has 0 atom stereocenters. The maximum absolute atomic E-state index is 10.9. The second-order valence-electron chi connectivity index (χ2n) is 4.47. The van der Waals surface area contributed by atoms with Crippen LogP contribution in [-0.2, 0) is 0 Å². The number of likely N-dealkylation sites (N-methyl/N-ethyl adjacent to an activating group) is 1. The van der Waals surface area contributed by atoms with E-state index in [4.69, 9.17) is 16.7 Å². The highest BCUT2D eigenvalue weighted by molar-refractivity contribution is 6.33. The molecule has 1 aromatic heterocycles. The van der Waals surface area contributed by atoms with Crippen molar-refractivity contribution in [1.82, 2.24) is 9.88 Å². The molecule has 1 heterocycles. The monoisotopic (exact) mass is 269 g/mol. The summed E-state index contributed by atoms with van der Waals surface area (Å²) in [6, 6.07) is 3.95. The number of hydrogen-bond donors (Lipinski definition) is 2. The van der Waals surface area contributed by atoms with Gasteiger partial charge in [-0.2, -0.15) is 0 Å². The number of carboxylic acids is 1. The van der Waals surface area contributed by atoms with Crippen molar-refractivity contribution in [2.24, 2.45) is 0 Å². The van der Waals surface area contributed by atoms with Gasteiger partial charge in [-0.3, -0.25) is 0 Å². The minimum absolute atomic E-state index is 0.114. The molecule has 0 bridgehead atoms. The summed E-state index contributed by atoms with van der Waals surface area (Å²) in [6.07, 6.45) is 2.55. The molecule has 6 heteroatoms. The standard InChI is InChI=1S/C12H16ClN3O2/c1-16(8-2-3-8)7-6-14-10-5-4-9(13)11(15-10)12(17)18/h4-5,8H,2-3,6-7H2,1H3,(H,14,15)(H,17,18). The number of nitrogens with zero attached hydrogens (tertiary/aromatic N) is 2. The summed E-state index contributed by atoms with van der Waals surface area (Å²) >= 11 is 5.75. The fourth-order valence-corrected chi connectivity index (χ4v) is 1.93. The van der Waals surface area contributed by atoms with Crippen LogP contribution in [0, 0.1) is 0 Å². The largest absolute Gasteiger partial charge is 0.476 e. The number of hydrogen-bond acceptors (Lipinski definition) is 4. The molecule has 1 fully saturated rings. The SMILES string of the molecule is CN(CCNc1ccc(Cl)c(C(=O)O)n1)C1CC1. The van der Waals surface area contributed by atoms with Gasteiger partial charge in [0.1, 0.15) is 5.82 Å². The van der Waals surface area contributed by atoms with E-state index in [0.717, 1.165) is 19.1 Å². The van der Waals surface area contributed by atoms with Crippen molar-refractivity contribution in [1.29, 1.82) is 0 Å². The Labute approximate surface area is 111 Å². The van der Waals surface area contributed by atoms with Crippen molar-refractivity contribution in [3.8, 4) is 0 Å². The Morgan fingerprint density at radius 3 is 2.94 bits per heavy atom. The number of nitrogens with one attached hydrogen (secondary N) is 1. The molecule has 98 valence electrons. The number of rotatable bonds is 6. The molecule has 2 N–H and O–H groups in total. The lowest BCUT2D eigenvalue weighted by Crippen LogP contribution is -2.27. The van der Waals surface area contributed by atoms with Crippen LogP contribution in [0.4, 0.5) is 5.82 Å². The van der Waals surface area contributed by atoms with E-state index < -0.39 is 5.97 Å². The topological polar surface area (TPSA) is 65.5 Å². The number of carboxylic acid groups (broad SMARTS) is 1. The minimum Gasteiger partial charge on any atom is -0.476 e. The zero-order chi connectivity index (χ0) is 13.1. The summed E-state index contributed by atoms with van der Waals surface area (Å²) in [7, 11) is 2.09. The first-order valence-corrected chi connectivity index (χ1v) is 6.29. The van der Waals surface area contributed by atoms with E-state index in [2.05, 4.69) is 22.2 Å². The maximum Gasteiger partial charge on any atom is 0.356 e. The minimum atomic E-state index is -1.11. The molecule has 1 aliphatic carbocycles. The normalized spacial score (nSPS) is 14.8. The summed E-state index contributed by atoms with van der Waals surface area (Å²) in [6.45, 7) is 1.65. The highest BCUT2D eigenvalue weighted by Gasteiger charge is 2.25. The van der Waals surface area contributed by atoms with Gasteiger partial charge in [-0.05, 0) is 32.0 Å². The number of aromatic nitrogens is 1. The number of anilines is 1. The lowest BCUT2D eigenvalue weighted by atomic mass is 10.3. The molecule has 5 nitrogen and oxygen atoms in total. The fraction of sp³-hybridized carbons (Fsp3) is 0.500. The zero-order valence-corrected chi connectivity index (χ0v) is 10.9. The Hall–Kier alpha value is -1.33. The van der Waals surface area contributed by atoms with Crippen LogP contribution in [0.15, 0.2) is 12.1 Å². The molecule has 0 amide bonds. The second-order valence-corrected chi connectivity index (χ2v) is 4.88. The average Bonchev–Trinajstić information content (AvgIpc) is 3.14. The van der Waals surface area contributed by atoms with Crippen LogP contribution in [0.5, 0.6) is 0 Å². The molecule has 18 heavy (non-hydrogen) atoms. The molecule has 1 aliphatic rings. The van der Waals surface area contributed by atoms with E-state index in [0.29, 0.717) is 5.82 Å². The van der Waals surface area contributed by atoms with Gasteiger partial charge in [-0.1, -0.05) is 11.6 Å². The van der Waals surface area contributed by atoms with Crippen LogP contribution in [0.25, 0.3) is 0 Å². The van der Waals surface area contributed by atoms with Gasteiger partial charge in [-0.15, -0.1) is 0 Å². The van der Waals surface area contributed by atoms with Gasteiger partial charge in [0.15, 0.2) is 5.69 Å². The van der Waals surface area contributed by atoms with E-state index in [1.54, 1.807) is 12.1 Å². The Bertz CT molecular complexity index is 449. The molecule has 0 spiro atoms. The number of halogens is 1. The van der Waals surface area contributed by atoms with Gasteiger partial charge >= 0.3 is 5.97 Å². The first kappa shape index (κ1) is 13.1. The smallest absolute Gasteiger partial charge is 0.356 e. The maximum atomic E-state index is 10.9. The molecular weight excluding hydrogens is 254 g/mol. The quantitative estimate of drug-likeness (QED) is 0.826. The lowest BCUT2D eigenvalue weighted by Gasteiger charge is -2.16. The van der Waals surface area contributed by atoms with Crippen LogP contribution in [-0.4, -0.2) is 47.1 Å². The molecular formula is C12H16ClN3O2.